The van der Waals surface area contributed by atoms with Crippen LogP contribution < -0.4 is 5.32 Å². The standard InChI is InChI=1S/C14H20N2/c1-2-6-13-12(5-1)7-8-15-14(13)11-16-9-3-4-10-16/h1-2,5-6,14-15H,3-4,7-11H2. The molecule has 86 valence electrons. The molecule has 1 N–H and O–H groups in total. The lowest BCUT2D eigenvalue weighted by atomic mass is 9.94. The van der Waals surface area contributed by atoms with Crippen LogP contribution in [-0.4, -0.2) is 31.1 Å². The Hall–Kier alpha value is -0.860. The van der Waals surface area contributed by atoms with Crippen molar-refractivity contribution in [1.29, 1.82) is 0 Å². The number of benzene rings is 1. The summed E-state index contributed by atoms with van der Waals surface area (Å²) in [6.07, 6.45) is 3.95. The van der Waals surface area contributed by atoms with E-state index in [1.807, 2.05) is 0 Å². The van der Waals surface area contributed by atoms with Crippen molar-refractivity contribution in [1.82, 2.24) is 10.2 Å². The van der Waals surface area contributed by atoms with Gasteiger partial charge in [-0.15, -0.1) is 0 Å². The number of likely N-dealkylation sites (tertiary alicyclic amines) is 1. The smallest absolute Gasteiger partial charge is 0.0452 e. The first-order chi connectivity index (χ1) is 7.93. The van der Waals surface area contributed by atoms with E-state index in [9.17, 15) is 0 Å². The molecule has 2 nitrogen and oxygen atoms in total. The Morgan fingerprint density at radius 3 is 2.88 bits per heavy atom. The number of nitrogens with zero attached hydrogens (tertiary/aromatic N) is 1. The highest BCUT2D eigenvalue weighted by molar-refractivity contribution is 5.32. The maximum absolute atomic E-state index is 3.66. The van der Waals surface area contributed by atoms with Gasteiger partial charge in [-0.1, -0.05) is 24.3 Å². The fourth-order valence-electron chi connectivity index (χ4n) is 2.98. The van der Waals surface area contributed by atoms with E-state index in [1.54, 1.807) is 5.56 Å². The van der Waals surface area contributed by atoms with E-state index in [4.69, 9.17) is 0 Å². The first-order valence-corrected chi connectivity index (χ1v) is 6.47. The van der Waals surface area contributed by atoms with Crippen molar-refractivity contribution in [3.63, 3.8) is 0 Å². The van der Waals surface area contributed by atoms with E-state index in [-0.39, 0.29) is 0 Å². The Labute approximate surface area is 97.6 Å². The molecule has 1 saturated heterocycles. The van der Waals surface area contributed by atoms with Crippen molar-refractivity contribution >= 4 is 0 Å². The Kier molecular flexibility index (Phi) is 2.94. The number of fused-ring (bicyclic) bond motifs is 1. The molecule has 2 heteroatoms. The summed E-state index contributed by atoms with van der Waals surface area (Å²) in [5, 5.41) is 3.66. The Morgan fingerprint density at radius 2 is 2.00 bits per heavy atom. The Bertz CT molecular complexity index is 356. The summed E-state index contributed by atoms with van der Waals surface area (Å²) in [7, 11) is 0. The molecule has 1 fully saturated rings. The molecular weight excluding hydrogens is 196 g/mol. The highest BCUT2D eigenvalue weighted by Crippen LogP contribution is 2.24. The van der Waals surface area contributed by atoms with Gasteiger partial charge in [-0.25, -0.2) is 0 Å². The van der Waals surface area contributed by atoms with Gasteiger partial charge in [0.2, 0.25) is 0 Å². The van der Waals surface area contributed by atoms with Crippen LogP contribution in [0.3, 0.4) is 0 Å². The molecule has 1 atom stereocenters. The number of hydrogen-bond acceptors (Lipinski definition) is 2. The SMILES string of the molecule is c1ccc2c(c1)CCNC2CN1CCCC1. The van der Waals surface area contributed by atoms with Crippen LogP contribution in [0.25, 0.3) is 0 Å². The molecule has 1 aromatic rings. The average Bonchev–Trinajstić information content (AvgIpc) is 2.82. The zero-order valence-electron chi connectivity index (χ0n) is 9.78. The molecule has 2 aliphatic heterocycles. The van der Waals surface area contributed by atoms with Crippen LogP contribution in [0.5, 0.6) is 0 Å². The van der Waals surface area contributed by atoms with Gasteiger partial charge in [0.1, 0.15) is 0 Å². The van der Waals surface area contributed by atoms with Crippen LogP contribution in [0.1, 0.15) is 30.0 Å². The van der Waals surface area contributed by atoms with Crippen molar-refractivity contribution in [2.75, 3.05) is 26.2 Å². The Morgan fingerprint density at radius 1 is 1.19 bits per heavy atom. The van der Waals surface area contributed by atoms with Gasteiger partial charge >= 0.3 is 0 Å². The number of hydrogen-bond donors (Lipinski definition) is 1. The van der Waals surface area contributed by atoms with Gasteiger partial charge in [0.15, 0.2) is 0 Å². The van der Waals surface area contributed by atoms with Crippen molar-refractivity contribution in [3.05, 3.63) is 35.4 Å². The lowest BCUT2D eigenvalue weighted by molar-refractivity contribution is 0.287. The topological polar surface area (TPSA) is 15.3 Å². The second-order valence-corrected chi connectivity index (χ2v) is 4.96. The lowest BCUT2D eigenvalue weighted by Crippen LogP contribution is -2.37. The van der Waals surface area contributed by atoms with Gasteiger partial charge in [0, 0.05) is 12.6 Å². The summed E-state index contributed by atoms with van der Waals surface area (Å²) in [5.41, 5.74) is 3.08. The first-order valence-electron chi connectivity index (χ1n) is 6.47. The third kappa shape index (κ3) is 2.00. The van der Waals surface area contributed by atoms with E-state index < -0.39 is 0 Å². The summed E-state index contributed by atoms with van der Waals surface area (Å²) < 4.78 is 0. The summed E-state index contributed by atoms with van der Waals surface area (Å²) in [6.45, 7) is 4.91. The summed E-state index contributed by atoms with van der Waals surface area (Å²) in [6, 6.07) is 9.47. The third-order valence-electron chi connectivity index (χ3n) is 3.86. The molecule has 1 unspecified atom stereocenters. The monoisotopic (exact) mass is 216 g/mol. The molecule has 0 aliphatic carbocycles. The molecule has 0 aromatic heterocycles. The van der Waals surface area contributed by atoms with E-state index in [0.717, 1.165) is 6.54 Å². The minimum atomic E-state index is 0.558. The summed E-state index contributed by atoms with van der Waals surface area (Å²) in [5.74, 6) is 0. The lowest BCUT2D eigenvalue weighted by Gasteiger charge is -2.30. The molecule has 3 rings (SSSR count). The minimum Gasteiger partial charge on any atom is -0.309 e. The first kappa shape index (κ1) is 10.3. The van der Waals surface area contributed by atoms with Crippen molar-refractivity contribution in [3.8, 4) is 0 Å². The van der Waals surface area contributed by atoms with Gasteiger partial charge in [-0.05, 0) is 50.0 Å². The molecular formula is C14H20N2. The van der Waals surface area contributed by atoms with E-state index in [0.29, 0.717) is 6.04 Å². The van der Waals surface area contributed by atoms with Gasteiger partial charge < -0.3 is 10.2 Å². The van der Waals surface area contributed by atoms with Crippen LogP contribution in [0, 0.1) is 0 Å². The second kappa shape index (κ2) is 4.56. The predicted octanol–water partition coefficient (Wildman–Crippen LogP) is 1.97. The molecule has 0 bridgehead atoms. The van der Waals surface area contributed by atoms with Crippen molar-refractivity contribution in [2.24, 2.45) is 0 Å². The van der Waals surface area contributed by atoms with Crippen LogP contribution in [0.4, 0.5) is 0 Å². The highest BCUT2D eigenvalue weighted by atomic mass is 15.2. The normalized spacial score (nSPS) is 25.6. The largest absolute Gasteiger partial charge is 0.309 e. The maximum atomic E-state index is 3.66. The molecule has 16 heavy (non-hydrogen) atoms. The quantitative estimate of drug-likeness (QED) is 0.813. The number of nitrogens with one attached hydrogen (secondary N) is 1. The van der Waals surface area contributed by atoms with Gasteiger partial charge in [-0.3, -0.25) is 0 Å². The molecule has 2 aliphatic rings. The van der Waals surface area contributed by atoms with Gasteiger partial charge in [-0.2, -0.15) is 0 Å². The average molecular weight is 216 g/mol. The van der Waals surface area contributed by atoms with E-state index >= 15 is 0 Å². The zero-order chi connectivity index (χ0) is 10.8. The van der Waals surface area contributed by atoms with Gasteiger partial charge in [0.25, 0.3) is 0 Å². The van der Waals surface area contributed by atoms with Crippen molar-refractivity contribution < 1.29 is 0 Å². The highest BCUT2D eigenvalue weighted by Gasteiger charge is 2.22. The fraction of sp³-hybridized carbons (Fsp3) is 0.571. The van der Waals surface area contributed by atoms with Gasteiger partial charge in [0.05, 0.1) is 0 Å². The molecule has 2 heterocycles. The molecule has 0 spiro atoms. The van der Waals surface area contributed by atoms with E-state index in [2.05, 4.69) is 34.5 Å². The summed E-state index contributed by atoms with van der Waals surface area (Å²) in [4.78, 5) is 2.60. The summed E-state index contributed by atoms with van der Waals surface area (Å²) >= 11 is 0. The third-order valence-corrected chi connectivity index (χ3v) is 3.86. The van der Waals surface area contributed by atoms with Crippen LogP contribution in [0.2, 0.25) is 0 Å². The van der Waals surface area contributed by atoms with Crippen LogP contribution in [0.15, 0.2) is 24.3 Å². The second-order valence-electron chi connectivity index (χ2n) is 4.96. The minimum absolute atomic E-state index is 0.558. The van der Waals surface area contributed by atoms with Crippen LogP contribution >= 0.6 is 0 Å². The maximum Gasteiger partial charge on any atom is 0.0452 e. The molecule has 1 aromatic carbocycles. The van der Waals surface area contributed by atoms with Crippen molar-refractivity contribution in [2.45, 2.75) is 25.3 Å². The molecule has 0 radical (unpaired) electrons. The molecule has 0 saturated carbocycles. The van der Waals surface area contributed by atoms with E-state index in [1.165, 1.54) is 44.5 Å². The predicted molar refractivity (Wildman–Crippen MR) is 66.6 cm³/mol. The molecule has 0 amide bonds. The fourth-order valence-corrected chi connectivity index (χ4v) is 2.98. The number of rotatable bonds is 2. The Balaban J connectivity index is 1.76. The zero-order valence-corrected chi connectivity index (χ0v) is 9.78. The van der Waals surface area contributed by atoms with Crippen LogP contribution in [-0.2, 0) is 6.42 Å².